The normalized spacial score (nSPS) is 11.0. The first-order valence-electron chi connectivity index (χ1n) is 8.08. The Hall–Kier alpha value is -2.77. The maximum absolute atomic E-state index is 13.1. The number of carbonyl (C=O) groups is 1. The van der Waals surface area contributed by atoms with Gasteiger partial charge in [0, 0.05) is 15.4 Å². The summed E-state index contributed by atoms with van der Waals surface area (Å²) in [5.74, 6) is -0.992. The summed E-state index contributed by atoms with van der Waals surface area (Å²) < 4.78 is 2.48. The zero-order valence-electron chi connectivity index (χ0n) is 13.9. The van der Waals surface area contributed by atoms with E-state index >= 15 is 0 Å². The van der Waals surface area contributed by atoms with Crippen molar-refractivity contribution in [3.05, 3.63) is 86.2 Å². The highest BCUT2D eigenvalue weighted by Crippen LogP contribution is 2.31. The average molecular weight is 441 g/mol. The maximum atomic E-state index is 13.1. The van der Waals surface area contributed by atoms with Crippen molar-refractivity contribution in [2.24, 2.45) is 0 Å². The molecule has 2 heterocycles. The van der Waals surface area contributed by atoms with E-state index in [0.717, 1.165) is 21.2 Å². The van der Waals surface area contributed by atoms with E-state index in [1.54, 1.807) is 18.2 Å². The Morgan fingerprint density at radius 2 is 1.96 bits per heavy atom. The van der Waals surface area contributed by atoms with Crippen molar-refractivity contribution < 1.29 is 9.90 Å². The third-order valence-electron chi connectivity index (χ3n) is 4.24. The highest BCUT2D eigenvalue weighted by atomic mass is 79.9. The van der Waals surface area contributed by atoms with Crippen LogP contribution in [0.5, 0.6) is 0 Å². The fourth-order valence-corrected chi connectivity index (χ4v) is 4.09. The molecule has 2 aromatic heterocycles. The number of carboxylic acid groups (broad SMARTS) is 1. The number of thiophene rings is 1. The Labute approximate surface area is 166 Å². The second kappa shape index (κ2) is 7.09. The minimum atomic E-state index is -0.992. The van der Waals surface area contributed by atoms with Gasteiger partial charge in [-0.1, -0.05) is 40.2 Å². The summed E-state index contributed by atoms with van der Waals surface area (Å²) in [5.41, 5.74) is 2.60. The smallest absolute Gasteiger partial charge is 0.335 e. The fraction of sp³-hybridized carbons (Fsp3) is 0.0500. The zero-order valence-corrected chi connectivity index (χ0v) is 16.3. The number of nitrogens with zero attached hydrogens (tertiary/aromatic N) is 2. The number of aromatic carboxylic acids is 1. The summed E-state index contributed by atoms with van der Waals surface area (Å²) in [7, 11) is 0. The van der Waals surface area contributed by atoms with Crippen molar-refractivity contribution in [2.75, 3.05) is 0 Å². The van der Waals surface area contributed by atoms with Gasteiger partial charge < -0.3 is 5.11 Å². The quantitative estimate of drug-likeness (QED) is 0.501. The first-order valence-corrected chi connectivity index (χ1v) is 9.75. The van der Waals surface area contributed by atoms with Crippen LogP contribution in [0.25, 0.3) is 21.3 Å². The van der Waals surface area contributed by atoms with Gasteiger partial charge >= 0.3 is 5.97 Å². The third-order valence-corrected chi connectivity index (χ3v) is 5.66. The van der Waals surface area contributed by atoms with Crippen LogP contribution < -0.4 is 5.56 Å². The van der Waals surface area contributed by atoms with Crippen LogP contribution in [-0.4, -0.2) is 20.6 Å². The van der Waals surface area contributed by atoms with Crippen molar-refractivity contribution in [1.82, 2.24) is 9.55 Å². The molecule has 0 amide bonds. The number of fused-ring (bicyclic) bond motifs is 1. The predicted octanol–water partition coefficient (Wildman–Crippen LogP) is 4.63. The van der Waals surface area contributed by atoms with Gasteiger partial charge in [-0.3, -0.25) is 9.36 Å². The number of benzene rings is 2. The van der Waals surface area contributed by atoms with Crippen LogP contribution in [-0.2, 0) is 6.54 Å². The Morgan fingerprint density at radius 3 is 2.70 bits per heavy atom. The van der Waals surface area contributed by atoms with Gasteiger partial charge in [0.25, 0.3) is 5.56 Å². The van der Waals surface area contributed by atoms with Crippen molar-refractivity contribution >= 4 is 43.5 Å². The monoisotopic (exact) mass is 440 g/mol. The molecule has 0 radical (unpaired) electrons. The molecule has 0 spiro atoms. The standard InChI is InChI=1S/C20H13BrN2O3S/c21-15-6-4-13(5-7-15)16-10-27-18-17(16)19(24)23(11-22-18)9-12-2-1-3-14(8-12)20(25)26/h1-8,10-11H,9H2,(H,25,26). The first-order chi connectivity index (χ1) is 13.0. The molecule has 0 saturated heterocycles. The highest BCUT2D eigenvalue weighted by molar-refractivity contribution is 9.10. The number of rotatable bonds is 4. The van der Waals surface area contributed by atoms with Gasteiger partial charge in [0.1, 0.15) is 4.83 Å². The SMILES string of the molecule is O=C(O)c1cccc(Cn2cnc3scc(-c4ccc(Br)cc4)c3c2=O)c1. The molecular formula is C20H13BrN2O3S. The van der Waals surface area contributed by atoms with E-state index in [-0.39, 0.29) is 17.7 Å². The minimum absolute atomic E-state index is 0.139. The van der Waals surface area contributed by atoms with Crippen LogP contribution in [0.15, 0.2) is 69.5 Å². The molecule has 0 fully saturated rings. The topological polar surface area (TPSA) is 72.2 Å². The van der Waals surface area contributed by atoms with E-state index in [9.17, 15) is 9.59 Å². The van der Waals surface area contributed by atoms with Gasteiger partial charge in [-0.05, 0) is 35.4 Å². The Kier molecular flexibility index (Phi) is 4.63. The molecule has 0 bridgehead atoms. The highest BCUT2D eigenvalue weighted by Gasteiger charge is 2.14. The molecule has 0 aliphatic carbocycles. The molecule has 0 aliphatic rings. The lowest BCUT2D eigenvalue weighted by Gasteiger charge is -2.07. The Balaban J connectivity index is 1.79. The van der Waals surface area contributed by atoms with E-state index in [4.69, 9.17) is 5.11 Å². The number of halogens is 1. The second-order valence-corrected chi connectivity index (χ2v) is 7.79. The van der Waals surface area contributed by atoms with Crippen molar-refractivity contribution in [2.45, 2.75) is 6.54 Å². The van der Waals surface area contributed by atoms with E-state index in [1.807, 2.05) is 29.6 Å². The molecular weight excluding hydrogens is 428 g/mol. The third kappa shape index (κ3) is 3.43. The van der Waals surface area contributed by atoms with Crippen LogP contribution in [0, 0.1) is 0 Å². The van der Waals surface area contributed by atoms with E-state index in [0.29, 0.717) is 10.2 Å². The van der Waals surface area contributed by atoms with Crippen molar-refractivity contribution in [1.29, 1.82) is 0 Å². The maximum Gasteiger partial charge on any atom is 0.335 e. The van der Waals surface area contributed by atoms with Crippen LogP contribution >= 0.6 is 27.3 Å². The van der Waals surface area contributed by atoms with E-state index < -0.39 is 5.97 Å². The molecule has 2 aromatic carbocycles. The minimum Gasteiger partial charge on any atom is -0.478 e. The van der Waals surface area contributed by atoms with Gasteiger partial charge in [0.05, 0.1) is 23.8 Å². The lowest BCUT2D eigenvalue weighted by Crippen LogP contribution is -2.21. The number of hydrogen-bond donors (Lipinski definition) is 1. The van der Waals surface area contributed by atoms with Crippen LogP contribution in [0.1, 0.15) is 15.9 Å². The van der Waals surface area contributed by atoms with Gasteiger partial charge in [-0.25, -0.2) is 9.78 Å². The number of carboxylic acids is 1. The molecule has 0 unspecified atom stereocenters. The van der Waals surface area contributed by atoms with Gasteiger partial charge in [-0.15, -0.1) is 11.3 Å². The number of hydrogen-bond acceptors (Lipinski definition) is 4. The second-order valence-electron chi connectivity index (χ2n) is 6.02. The molecule has 27 heavy (non-hydrogen) atoms. The molecule has 0 atom stereocenters. The molecule has 134 valence electrons. The van der Waals surface area contributed by atoms with Gasteiger partial charge in [0.2, 0.25) is 0 Å². The lowest BCUT2D eigenvalue weighted by atomic mass is 10.1. The van der Waals surface area contributed by atoms with E-state index in [1.165, 1.54) is 28.3 Å². The average Bonchev–Trinajstić information content (AvgIpc) is 3.10. The van der Waals surface area contributed by atoms with Crippen LogP contribution in [0.3, 0.4) is 0 Å². The van der Waals surface area contributed by atoms with Crippen molar-refractivity contribution in [3.8, 4) is 11.1 Å². The molecule has 1 N–H and O–H groups in total. The molecule has 4 rings (SSSR count). The Bertz CT molecular complexity index is 1210. The van der Waals surface area contributed by atoms with Gasteiger partial charge in [0.15, 0.2) is 0 Å². The van der Waals surface area contributed by atoms with E-state index in [2.05, 4.69) is 20.9 Å². The Morgan fingerprint density at radius 1 is 1.19 bits per heavy atom. The number of aromatic nitrogens is 2. The summed E-state index contributed by atoms with van der Waals surface area (Å²) in [5, 5.41) is 11.7. The molecule has 7 heteroatoms. The summed E-state index contributed by atoms with van der Waals surface area (Å²) >= 11 is 4.85. The zero-order chi connectivity index (χ0) is 19.0. The first kappa shape index (κ1) is 17.6. The largest absolute Gasteiger partial charge is 0.478 e. The van der Waals surface area contributed by atoms with Crippen LogP contribution in [0.2, 0.25) is 0 Å². The predicted molar refractivity (Wildman–Crippen MR) is 110 cm³/mol. The summed E-state index contributed by atoms with van der Waals surface area (Å²) in [4.78, 5) is 29.3. The van der Waals surface area contributed by atoms with Gasteiger partial charge in [-0.2, -0.15) is 0 Å². The summed E-state index contributed by atoms with van der Waals surface area (Å²) in [6.45, 7) is 0.262. The fourth-order valence-electron chi connectivity index (χ4n) is 2.92. The molecule has 5 nitrogen and oxygen atoms in total. The van der Waals surface area contributed by atoms with Crippen molar-refractivity contribution in [3.63, 3.8) is 0 Å². The molecule has 0 aliphatic heterocycles. The molecule has 4 aromatic rings. The summed E-state index contributed by atoms with van der Waals surface area (Å²) in [6.07, 6.45) is 1.51. The molecule has 0 saturated carbocycles. The lowest BCUT2D eigenvalue weighted by molar-refractivity contribution is 0.0696. The summed E-state index contributed by atoms with van der Waals surface area (Å²) in [6, 6.07) is 14.4. The van der Waals surface area contributed by atoms with Crippen LogP contribution in [0.4, 0.5) is 0 Å².